The van der Waals surface area contributed by atoms with Crippen LogP contribution in [0, 0.1) is 0 Å². The van der Waals surface area contributed by atoms with Gasteiger partial charge in [0.1, 0.15) is 18.7 Å². The fourth-order valence-electron chi connectivity index (χ4n) is 1.56. The second-order valence-electron chi connectivity index (χ2n) is 3.20. The Bertz CT molecular complexity index is 448. The van der Waals surface area contributed by atoms with Crippen LogP contribution in [0.15, 0.2) is 24.3 Å². The van der Waals surface area contributed by atoms with Gasteiger partial charge in [0, 0.05) is 0 Å². The first-order chi connectivity index (χ1) is 6.74. The molecule has 2 aromatic rings. The summed E-state index contributed by atoms with van der Waals surface area (Å²) in [4.78, 5) is 4.24. The number of benzene rings is 1. The molecule has 0 fully saturated rings. The minimum atomic E-state index is -0.672. The monoisotopic (exact) mass is 192 g/mol. The number of aromatic nitrogens is 2. The fourth-order valence-corrected chi connectivity index (χ4v) is 1.56. The van der Waals surface area contributed by atoms with Gasteiger partial charge in [-0.25, -0.2) is 4.98 Å². The Morgan fingerprint density at radius 1 is 1.43 bits per heavy atom. The molecule has 0 spiro atoms. The lowest BCUT2D eigenvalue weighted by Crippen LogP contribution is -2.06. The van der Waals surface area contributed by atoms with Gasteiger partial charge in [-0.05, 0) is 19.1 Å². The Hall–Kier alpha value is -1.39. The predicted molar refractivity (Wildman–Crippen MR) is 52.6 cm³/mol. The number of rotatable bonds is 2. The molecule has 74 valence electrons. The summed E-state index contributed by atoms with van der Waals surface area (Å²) < 4.78 is 1.60. The van der Waals surface area contributed by atoms with Crippen LogP contribution in [-0.4, -0.2) is 19.8 Å². The zero-order valence-electron chi connectivity index (χ0n) is 7.88. The molecule has 1 aromatic carbocycles. The van der Waals surface area contributed by atoms with E-state index in [2.05, 4.69) is 4.98 Å². The van der Waals surface area contributed by atoms with Crippen LogP contribution in [0.4, 0.5) is 0 Å². The van der Waals surface area contributed by atoms with Crippen LogP contribution < -0.4 is 0 Å². The minimum absolute atomic E-state index is 0.166. The highest BCUT2D eigenvalue weighted by atomic mass is 16.3. The predicted octanol–water partition coefficient (Wildman–Crippen LogP) is 1.04. The molecule has 1 aromatic heterocycles. The third-order valence-corrected chi connectivity index (χ3v) is 2.20. The zero-order chi connectivity index (χ0) is 10.1. The summed E-state index contributed by atoms with van der Waals surface area (Å²) in [5, 5.41) is 18.6. The molecule has 4 nitrogen and oxygen atoms in total. The largest absolute Gasteiger partial charge is 0.385 e. The molecule has 0 aliphatic heterocycles. The van der Waals surface area contributed by atoms with Crippen molar-refractivity contribution in [2.45, 2.75) is 19.8 Å². The molecular formula is C10H12N2O2. The molecule has 0 saturated heterocycles. The average Bonchev–Trinajstić information content (AvgIpc) is 2.56. The van der Waals surface area contributed by atoms with Crippen LogP contribution in [0.1, 0.15) is 18.9 Å². The van der Waals surface area contributed by atoms with E-state index in [0.29, 0.717) is 5.82 Å². The number of para-hydroxylation sites is 2. The highest BCUT2D eigenvalue weighted by Crippen LogP contribution is 2.19. The van der Waals surface area contributed by atoms with Gasteiger partial charge in [-0.3, -0.25) is 0 Å². The van der Waals surface area contributed by atoms with E-state index in [4.69, 9.17) is 5.11 Å². The lowest BCUT2D eigenvalue weighted by atomic mass is 10.3. The van der Waals surface area contributed by atoms with Gasteiger partial charge >= 0.3 is 0 Å². The van der Waals surface area contributed by atoms with Gasteiger partial charge < -0.3 is 14.8 Å². The molecule has 1 atom stereocenters. The van der Waals surface area contributed by atoms with Crippen LogP contribution in [0.3, 0.4) is 0 Å². The van der Waals surface area contributed by atoms with Crippen LogP contribution in [0.2, 0.25) is 0 Å². The van der Waals surface area contributed by atoms with Crippen molar-refractivity contribution in [3.63, 3.8) is 0 Å². The van der Waals surface area contributed by atoms with Crippen molar-refractivity contribution in [2.24, 2.45) is 0 Å². The molecule has 0 bridgehead atoms. The quantitative estimate of drug-likeness (QED) is 0.747. The Morgan fingerprint density at radius 2 is 2.14 bits per heavy atom. The maximum atomic E-state index is 9.44. The lowest BCUT2D eigenvalue weighted by molar-refractivity contribution is 0.159. The van der Waals surface area contributed by atoms with Gasteiger partial charge in [0.15, 0.2) is 0 Å². The molecule has 0 amide bonds. The maximum Gasteiger partial charge on any atom is 0.140 e. The normalized spacial score (nSPS) is 13.4. The molecular weight excluding hydrogens is 180 g/mol. The molecule has 0 saturated carbocycles. The zero-order valence-corrected chi connectivity index (χ0v) is 7.88. The second-order valence-corrected chi connectivity index (χ2v) is 3.20. The van der Waals surface area contributed by atoms with E-state index in [-0.39, 0.29) is 6.73 Å². The number of hydrogen-bond acceptors (Lipinski definition) is 3. The van der Waals surface area contributed by atoms with Crippen LogP contribution in [-0.2, 0) is 6.73 Å². The molecule has 0 aliphatic carbocycles. The van der Waals surface area contributed by atoms with E-state index in [1.807, 2.05) is 24.3 Å². The molecule has 1 heterocycles. The first kappa shape index (κ1) is 9.18. The van der Waals surface area contributed by atoms with Gasteiger partial charge in [-0.2, -0.15) is 0 Å². The highest BCUT2D eigenvalue weighted by Gasteiger charge is 2.12. The Labute approximate surface area is 81.4 Å². The van der Waals surface area contributed by atoms with Crippen molar-refractivity contribution in [3.8, 4) is 0 Å². The Morgan fingerprint density at radius 3 is 2.79 bits per heavy atom. The second kappa shape index (κ2) is 3.40. The minimum Gasteiger partial charge on any atom is -0.385 e. The van der Waals surface area contributed by atoms with Gasteiger partial charge in [-0.1, -0.05) is 12.1 Å². The van der Waals surface area contributed by atoms with E-state index < -0.39 is 6.10 Å². The summed E-state index contributed by atoms with van der Waals surface area (Å²) >= 11 is 0. The van der Waals surface area contributed by atoms with Crippen LogP contribution >= 0.6 is 0 Å². The Balaban J connectivity index is 2.72. The summed E-state index contributed by atoms with van der Waals surface area (Å²) in [6, 6.07) is 7.47. The first-order valence-electron chi connectivity index (χ1n) is 4.48. The number of hydrogen-bond donors (Lipinski definition) is 2. The first-order valence-corrected chi connectivity index (χ1v) is 4.48. The van der Waals surface area contributed by atoms with Crippen molar-refractivity contribution in [3.05, 3.63) is 30.1 Å². The maximum absolute atomic E-state index is 9.44. The van der Waals surface area contributed by atoms with Crippen molar-refractivity contribution in [1.82, 2.24) is 9.55 Å². The molecule has 0 radical (unpaired) electrons. The third kappa shape index (κ3) is 1.29. The van der Waals surface area contributed by atoms with Gasteiger partial charge in [0.2, 0.25) is 0 Å². The Kier molecular flexibility index (Phi) is 2.23. The van der Waals surface area contributed by atoms with E-state index >= 15 is 0 Å². The lowest BCUT2D eigenvalue weighted by Gasteiger charge is -2.06. The number of aliphatic hydroxyl groups excluding tert-OH is 2. The summed E-state index contributed by atoms with van der Waals surface area (Å²) in [6.07, 6.45) is -0.672. The average molecular weight is 192 g/mol. The molecule has 1 unspecified atom stereocenters. The number of imidazole rings is 1. The van der Waals surface area contributed by atoms with Crippen LogP contribution in [0.5, 0.6) is 0 Å². The number of aliphatic hydroxyl groups is 2. The van der Waals surface area contributed by atoms with E-state index in [0.717, 1.165) is 11.0 Å². The number of nitrogens with zero attached hydrogens (tertiary/aromatic N) is 2. The SMILES string of the molecule is CC(O)c1nc2ccccc2n1CO. The van der Waals surface area contributed by atoms with Crippen molar-refractivity contribution < 1.29 is 10.2 Å². The topological polar surface area (TPSA) is 58.3 Å². The number of fused-ring (bicyclic) bond motifs is 1. The van der Waals surface area contributed by atoms with E-state index in [1.54, 1.807) is 11.5 Å². The summed E-state index contributed by atoms with van der Waals surface area (Å²) in [7, 11) is 0. The van der Waals surface area contributed by atoms with Crippen LogP contribution in [0.25, 0.3) is 11.0 Å². The smallest absolute Gasteiger partial charge is 0.140 e. The van der Waals surface area contributed by atoms with E-state index in [9.17, 15) is 5.11 Å². The highest BCUT2D eigenvalue weighted by molar-refractivity contribution is 5.75. The summed E-state index contributed by atoms with van der Waals surface area (Å²) in [6.45, 7) is 1.47. The third-order valence-electron chi connectivity index (χ3n) is 2.20. The van der Waals surface area contributed by atoms with E-state index in [1.165, 1.54) is 0 Å². The van der Waals surface area contributed by atoms with Gasteiger partial charge in [0.05, 0.1) is 11.0 Å². The molecule has 14 heavy (non-hydrogen) atoms. The standard InChI is InChI=1S/C10H12N2O2/c1-7(14)10-11-8-4-2-3-5-9(8)12(10)6-13/h2-5,7,13-14H,6H2,1H3. The van der Waals surface area contributed by atoms with Crippen molar-refractivity contribution in [2.75, 3.05) is 0 Å². The van der Waals surface area contributed by atoms with Crippen molar-refractivity contribution in [1.29, 1.82) is 0 Å². The van der Waals surface area contributed by atoms with Gasteiger partial charge in [-0.15, -0.1) is 0 Å². The van der Waals surface area contributed by atoms with Gasteiger partial charge in [0.25, 0.3) is 0 Å². The summed E-state index contributed by atoms with van der Waals surface area (Å²) in [5.41, 5.74) is 1.63. The summed E-state index contributed by atoms with van der Waals surface area (Å²) in [5.74, 6) is 0.494. The molecule has 2 N–H and O–H groups in total. The molecule has 2 rings (SSSR count). The van der Waals surface area contributed by atoms with Crippen molar-refractivity contribution >= 4 is 11.0 Å². The fraction of sp³-hybridized carbons (Fsp3) is 0.300. The molecule has 0 aliphatic rings. The molecule has 4 heteroatoms.